The number of benzene rings is 3. The van der Waals surface area contributed by atoms with Crippen LogP contribution in [0.25, 0.3) is 32.7 Å². The zero-order chi connectivity index (χ0) is 85.9. The van der Waals surface area contributed by atoms with Gasteiger partial charge in [0.25, 0.3) is 0 Å². The van der Waals surface area contributed by atoms with Crippen LogP contribution in [0.15, 0.2) is 270 Å². The minimum absolute atomic E-state index is 0.759. The highest BCUT2D eigenvalue weighted by atomic mass is 15.0. The van der Waals surface area contributed by atoms with Crippen LogP contribution in [0, 0.1) is 76.2 Å². The number of nitrogens with zero attached hydrogens (tertiary/aromatic N) is 17. The number of para-hydroxylation sites is 3. The molecule has 3 aromatic carbocycles. The van der Waals surface area contributed by atoms with Crippen molar-refractivity contribution in [3.05, 3.63) is 332 Å². The third kappa shape index (κ3) is 71.4. The van der Waals surface area contributed by atoms with E-state index in [1.54, 1.807) is 80.4 Å². The molecule has 0 amide bonds. The van der Waals surface area contributed by atoms with Gasteiger partial charge in [0.1, 0.15) is 37.0 Å². The van der Waals surface area contributed by atoms with Gasteiger partial charge >= 0.3 is 0 Å². The first-order valence-electron chi connectivity index (χ1n) is 39.3. The van der Waals surface area contributed by atoms with Gasteiger partial charge in [-0.2, -0.15) is 0 Å². The second-order valence-corrected chi connectivity index (χ2v) is 19.1. The van der Waals surface area contributed by atoms with Crippen LogP contribution in [0.4, 0.5) is 0 Å². The van der Waals surface area contributed by atoms with Gasteiger partial charge in [-0.15, -0.1) is 0 Å². The normalized spacial score (nSPS) is 8.05. The summed E-state index contributed by atoms with van der Waals surface area (Å²) in [6.07, 6.45) is 32.5. The topological polar surface area (TPSA) is 219 Å². The molecule has 111 heavy (non-hydrogen) atoms. The molecule has 14 aromatic rings. The Bertz CT molecular complexity index is 3480. The summed E-state index contributed by atoms with van der Waals surface area (Å²) >= 11 is 0. The third-order valence-electron chi connectivity index (χ3n) is 11.2. The zero-order valence-corrected chi connectivity index (χ0v) is 74.5. The summed E-state index contributed by atoms with van der Waals surface area (Å²) in [5.74, 6) is 1.58. The molecule has 0 atom stereocenters. The van der Waals surface area contributed by atoms with Crippen molar-refractivity contribution in [2.75, 3.05) is 0 Å². The van der Waals surface area contributed by atoms with Gasteiger partial charge in [-0.25, -0.2) is 44.9 Å². The van der Waals surface area contributed by atoms with E-state index in [9.17, 15) is 0 Å². The number of hydrogen-bond donors (Lipinski definition) is 0. The highest BCUT2D eigenvalue weighted by Gasteiger charge is 1.95. The van der Waals surface area contributed by atoms with E-state index in [-0.39, 0.29) is 0 Å². The number of hydrogen-bond acceptors (Lipinski definition) is 17. The lowest BCUT2D eigenvalue weighted by Gasteiger charge is -1.97. The fourth-order valence-corrected chi connectivity index (χ4v) is 6.69. The molecule has 17 nitrogen and oxygen atoms in total. The molecule has 0 saturated heterocycles. The molecule has 11 heterocycles. The Morgan fingerprint density at radius 2 is 0.676 bits per heavy atom. The van der Waals surface area contributed by atoms with Crippen molar-refractivity contribution in [3.63, 3.8) is 0 Å². The van der Waals surface area contributed by atoms with Gasteiger partial charge < -0.3 is 0 Å². The number of aromatic nitrogens is 17. The molecule has 17 heteroatoms. The molecule has 0 spiro atoms. The van der Waals surface area contributed by atoms with E-state index in [4.69, 9.17) is 0 Å². The second kappa shape index (κ2) is 92.9. The van der Waals surface area contributed by atoms with Crippen LogP contribution in [-0.4, -0.2) is 84.7 Å². The van der Waals surface area contributed by atoms with E-state index in [1.807, 2.05) is 348 Å². The molecule has 0 bridgehead atoms. The second-order valence-electron chi connectivity index (χ2n) is 19.1. The van der Waals surface area contributed by atoms with Gasteiger partial charge in [0.2, 0.25) is 0 Å². The van der Waals surface area contributed by atoms with E-state index in [1.165, 1.54) is 63.7 Å². The fraction of sp³-hybridized carbons (Fsp3) is 0.351. The highest BCUT2D eigenvalue weighted by molar-refractivity contribution is 5.81. The van der Waals surface area contributed by atoms with E-state index < -0.39 is 0 Å². The van der Waals surface area contributed by atoms with Crippen molar-refractivity contribution in [1.82, 2.24) is 84.7 Å². The van der Waals surface area contributed by atoms with Crippen molar-refractivity contribution >= 4 is 32.7 Å². The van der Waals surface area contributed by atoms with E-state index in [0.717, 1.165) is 56.5 Å². The predicted octanol–water partition coefficient (Wildman–Crippen LogP) is 26.4. The molecule has 0 unspecified atom stereocenters. The quantitative estimate of drug-likeness (QED) is 0.138. The van der Waals surface area contributed by atoms with Crippen LogP contribution in [0.3, 0.4) is 0 Å². The lowest BCUT2D eigenvalue weighted by molar-refractivity contribution is 0.974. The third-order valence-corrected chi connectivity index (χ3v) is 11.2. The standard InChI is InChI=1S/3C10H9N.3C6H7N.4C5H6N2.C4H5N3.11C2H6/c1-8-6-9-4-2-3-5-10(9)11-7-8;1-8-6-7-11-10-5-3-2-4-9(8)10;1-8-6-7-9-4-2-3-5-10(9)11-8;1-6-2-4-7-5-3-6;1-6-3-2-4-7-5-6;1-6-4-2-3-5-7-6;1-5-2-6-4-7-3-5;1-5-4-6-2-3-7-5;1-5-2-3-6-4-7-5;1-5-6-3-2-4-7-5;1-4-6-2-5-3-7-4;11*1-2/h3*2-7H,1H3;3*2-5H,1H3;4*2-4H,1H3;2-3H,1H3;11*1-2H3. The minimum atomic E-state index is 0.759. The van der Waals surface area contributed by atoms with E-state index >= 15 is 0 Å². The average Bonchev–Trinajstić information content (AvgIpc) is 0.920. The first-order valence-corrected chi connectivity index (χ1v) is 39.3. The molecular weight excluding hydrogens is 1370 g/mol. The van der Waals surface area contributed by atoms with Crippen LogP contribution in [0.5, 0.6) is 0 Å². The molecule has 0 radical (unpaired) electrons. The molecule has 0 aliphatic rings. The smallest absolute Gasteiger partial charge is 0.128 e. The molecule has 0 aliphatic carbocycles. The molecule has 0 saturated carbocycles. The van der Waals surface area contributed by atoms with Crippen LogP contribution in [0.2, 0.25) is 0 Å². The number of pyridine rings is 6. The summed E-state index contributed by atoms with van der Waals surface area (Å²) in [6.45, 7) is 65.7. The Morgan fingerprint density at radius 3 is 1.05 bits per heavy atom. The Kier molecular flexibility index (Phi) is 96.6. The lowest BCUT2D eigenvalue weighted by Crippen LogP contribution is -1.84. The van der Waals surface area contributed by atoms with Crippen LogP contribution >= 0.6 is 0 Å². The van der Waals surface area contributed by atoms with Gasteiger partial charge in [0.05, 0.1) is 22.2 Å². The largest absolute Gasteiger partial charge is 0.265 e. The van der Waals surface area contributed by atoms with Crippen molar-refractivity contribution in [3.8, 4) is 0 Å². The van der Waals surface area contributed by atoms with Gasteiger partial charge in [0.15, 0.2) is 0 Å². The first kappa shape index (κ1) is 115. The molecule has 0 aliphatic heterocycles. The van der Waals surface area contributed by atoms with Gasteiger partial charge in [-0.05, 0) is 183 Å². The summed E-state index contributed by atoms with van der Waals surface area (Å²) in [5.41, 5.74) is 13.4. The predicted molar refractivity (Wildman–Crippen MR) is 483 cm³/mol. The van der Waals surface area contributed by atoms with Gasteiger partial charge in [-0.1, -0.05) is 225 Å². The SMILES string of the molecule is CC.CC.CC.CC.CC.CC.CC.CC.CC.CC.CC.Cc1ccc2ccccc2n1.Cc1ccccn1.Cc1cccnc1.Cc1ccnc2ccccc12.Cc1ccncc1.Cc1ccncn1.Cc1cnc2ccccc2c1.Cc1cnccn1.Cc1cncnc1.Cc1ncccn1.Cc1ncncn1. The highest BCUT2D eigenvalue weighted by Crippen LogP contribution is 2.15. The fourth-order valence-electron chi connectivity index (χ4n) is 6.69. The summed E-state index contributed by atoms with van der Waals surface area (Å²) in [5, 5.41) is 3.67. The molecule has 0 N–H and O–H groups in total. The molecule has 14 rings (SSSR count). The molecular formula is C94H143N17. The van der Waals surface area contributed by atoms with Crippen LogP contribution in [-0.2, 0) is 0 Å². The Labute approximate surface area is 674 Å². The molecule has 0 fully saturated rings. The van der Waals surface area contributed by atoms with Crippen LogP contribution < -0.4 is 0 Å². The number of rotatable bonds is 0. The summed E-state index contributed by atoms with van der Waals surface area (Å²) in [4.78, 5) is 66.4. The number of fused-ring (bicyclic) bond motifs is 3. The molecule has 604 valence electrons. The minimum Gasteiger partial charge on any atom is -0.265 e. The van der Waals surface area contributed by atoms with Crippen molar-refractivity contribution in [2.45, 2.75) is 228 Å². The van der Waals surface area contributed by atoms with Crippen molar-refractivity contribution in [2.24, 2.45) is 0 Å². The summed E-state index contributed by atoms with van der Waals surface area (Å²) < 4.78 is 0. The Morgan fingerprint density at radius 1 is 0.198 bits per heavy atom. The van der Waals surface area contributed by atoms with E-state index in [0.29, 0.717) is 0 Å². The number of aryl methyl sites for hydroxylation is 11. The maximum atomic E-state index is 4.38. The Hall–Kier alpha value is -11.3. The monoisotopic (exact) mass is 1510 g/mol. The van der Waals surface area contributed by atoms with Crippen molar-refractivity contribution in [1.29, 1.82) is 0 Å². The summed E-state index contributed by atoms with van der Waals surface area (Å²) in [7, 11) is 0. The average molecular weight is 1510 g/mol. The maximum Gasteiger partial charge on any atom is 0.128 e. The zero-order valence-electron chi connectivity index (χ0n) is 74.5. The van der Waals surface area contributed by atoms with Gasteiger partial charge in [0, 0.05) is 126 Å². The lowest BCUT2D eigenvalue weighted by atomic mass is 10.1. The van der Waals surface area contributed by atoms with Crippen molar-refractivity contribution < 1.29 is 0 Å². The first-order chi connectivity index (χ1) is 54.2. The Balaban J connectivity index is -0.000000172. The van der Waals surface area contributed by atoms with Crippen LogP contribution in [0.1, 0.15) is 215 Å². The van der Waals surface area contributed by atoms with Gasteiger partial charge in [-0.3, -0.25) is 39.9 Å². The maximum absolute atomic E-state index is 4.38. The molecule has 11 aromatic heterocycles. The van der Waals surface area contributed by atoms with E-state index in [2.05, 4.69) is 129 Å². The summed E-state index contributed by atoms with van der Waals surface area (Å²) in [6, 6.07) is 50.2.